The number of hydrogen-bond donors (Lipinski definition) is 3. The molecule has 4 rings (SSSR count). The fourth-order valence-corrected chi connectivity index (χ4v) is 3.63. The zero-order chi connectivity index (χ0) is 24.4. The third-order valence-electron chi connectivity index (χ3n) is 5.34. The normalized spacial score (nSPS) is 12.9. The van der Waals surface area contributed by atoms with Crippen LogP contribution >= 0.6 is 0 Å². The minimum atomic E-state index is -0.968. The highest BCUT2D eigenvalue weighted by Crippen LogP contribution is 2.27. The summed E-state index contributed by atoms with van der Waals surface area (Å²) in [4.78, 5) is 31.8. The molecule has 34 heavy (non-hydrogen) atoms. The first-order valence-corrected chi connectivity index (χ1v) is 10.4. The fourth-order valence-electron chi connectivity index (χ4n) is 3.63. The van der Waals surface area contributed by atoms with Crippen LogP contribution in [0.3, 0.4) is 0 Å². The number of fused-ring (bicyclic) bond motifs is 2. The molecule has 0 amide bonds. The van der Waals surface area contributed by atoms with Crippen molar-refractivity contribution in [1.29, 1.82) is 0 Å². The molecule has 9 heteroatoms. The molecule has 0 saturated carbocycles. The average Bonchev–Trinajstić information content (AvgIpc) is 2.76. The van der Waals surface area contributed by atoms with Gasteiger partial charge in [0, 0.05) is 35.3 Å². The molecule has 3 N–H and O–H groups in total. The van der Waals surface area contributed by atoms with Crippen LogP contribution in [0.1, 0.15) is 22.3 Å². The third-order valence-corrected chi connectivity index (χ3v) is 5.34. The minimum Gasteiger partial charge on any atom is -0.507 e. The number of nitrogens with zero attached hydrogens (tertiary/aromatic N) is 2. The molecule has 2 aromatic carbocycles. The third kappa shape index (κ3) is 4.60. The van der Waals surface area contributed by atoms with Gasteiger partial charge >= 0.3 is 11.3 Å². The summed E-state index contributed by atoms with van der Waals surface area (Å²) in [6.07, 6.45) is 1.70. The number of phenolic OH excluding ortho intramolecular Hbond substituents is 2. The molecule has 174 valence electrons. The van der Waals surface area contributed by atoms with Crippen molar-refractivity contribution in [3.8, 4) is 11.5 Å². The van der Waals surface area contributed by atoms with Gasteiger partial charge < -0.3 is 24.2 Å². The molecule has 0 aliphatic rings. The van der Waals surface area contributed by atoms with Crippen LogP contribution < -0.4 is 11.3 Å². The van der Waals surface area contributed by atoms with Crippen molar-refractivity contribution in [3.63, 3.8) is 0 Å². The highest BCUT2D eigenvalue weighted by atomic mass is 16.4. The topological polar surface area (TPSA) is 146 Å². The second kappa shape index (κ2) is 9.32. The Labute approximate surface area is 193 Å². The van der Waals surface area contributed by atoms with Crippen LogP contribution in [0.5, 0.6) is 11.5 Å². The smallest absolute Gasteiger partial charge is 0.336 e. The number of aliphatic hydroxyl groups excluding tert-OH is 1. The zero-order valence-electron chi connectivity index (χ0n) is 18.5. The maximum Gasteiger partial charge on any atom is 0.336 e. The van der Waals surface area contributed by atoms with Gasteiger partial charge in [-0.3, -0.25) is 9.98 Å². The van der Waals surface area contributed by atoms with E-state index in [4.69, 9.17) is 8.83 Å². The first-order valence-electron chi connectivity index (χ1n) is 10.4. The number of rotatable bonds is 6. The lowest BCUT2D eigenvalue weighted by Crippen LogP contribution is -2.15. The van der Waals surface area contributed by atoms with Gasteiger partial charge in [0.05, 0.1) is 30.3 Å². The number of aryl methyl sites for hydroxylation is 2. The summed E-state index contributed by atoms with van der Waals surface area (Å²) >= 11 is 0. The van der Waals surface area contributed by atoms with Gasteiger partial charge in [-0.2, -0.15) is 0 Å². The Balaban J connectivity index is 1.51. The molecular weight excluding hydrogens is 440 g/mol. The van der Waals surface area contributed by atoms with Crippen molar-refractivity contribution in [2.24, 2.45) is 9.98 Å². The molecule has 9 nitrogen and oxygen atoms in total. The van der Waals surface area contributed by atoms with E-state index in [1.54, 1.807) is 26.0 Å². The summed E-state index contributed by atoms with van der Waals surface area (Å²) in [6, 6.07) is 8.99. The molecule has 2 heterocycles. The molecule has 0 atom stereocenters. The van der Waals surface area contributed by atoms with E-state index in [0.717, 1.165) is 0 Å². The molecule has 0 aliphatic carbocycles. The Morgan fingerprint density at radius 2 is 1.21 bits per heavy atom. The molecule has 2 aromatic heterocycles. The number of phenols is 2. The molecule has 0 bridgehead atoms. The highest BCUT2D eigenvalue weighted by molar-refractivity contribution is 6.01. The van der Waals surface area contributed by atoms with Crippen molar-refractivity contribution in [1.82, 2.24) is 0 Å². The summed E-state index contributed by atoms with van der Waals surface area (Å²) in [6.45, 7) is 3.44. The van der Waals surface area contributed by atoms with E-state index in [1.165, 1.54) is 36.7 Å². The number of aliphatic hydroxyl groups is 1. The highest BCUT2D eigenvalue weighted by Gasteiger charge is 2.12. The lowest BCUT2D eigenvalue weighted by molar-refractivity contribution is 0.193. The Hall–Kier alpha value is -4.24. The molecular formula is C25H22N2O7. The second-order valence-corrected chi connectivity index (χ2v) is 7.89. The fraction of sp³-hybridized carbons (Fsp3) is 0.200. The monoisotopic (exact) mass is 462 g/mol. The Kier molecular flexibility index (Phi) is 6.29. The first kappa shape index (κ1) is 22.9. The van der Waals surface area contributed by atoms with Gasteiger partial charge in [0.1, 0.15) is 11.5 Å². The van der Waals surface area contributed by atoms with Crippen LogP contribution in [0, 0.1) is 13.8 Å². The minimum absolute atomic E-state index is 0.0427. The van der Waals surface area contributed by atoms with E-state index >= 15 is 0 Å². The zero-order valence-corrected chi connectivity index (χ0v) is 18.5. The molecule has 0 fully saturated rings. The first-order chi connectivity index (χ1) is 16.2. The number of benzene rings is 2. The SMILES string of the molecule is Cc1cc(=O)oc2c(C=NCC(O)CN=Cc3c(O)ccc4c(C)cc(=O)oc34)c(O)ccc12. The Bertz CT molecular complexity index is 1450. The van der Waals surface area contributed by atoms with Crippen molar-refractivity contribution in [2.75, 3.05) is 13.1 Å². The van der Waals surface area contributed by atoms with Gasteiger partial charge in [-0.1, -0.05) is 0 Å². The average molecular weight is 462 g/mol. The van der Waals surface area contributed by atoms with Crippen LogP contribution in [-0.4, -0.2) is 46.9 Å². The summed E-state index contributed by atoms with van der Waals surface area (Å²) in [5.74, 6) is -0.221. The summed E-state index contributed by atoms with van der Waals surface area (Å²) in [5, 5.41) is 31.9. The molecule has 0 aliphatic heterocycles. The second-order valence-electron chi connectivity index (χ2n) is 7.89. The van der Waals surface area contributed by atoms with E-state index in [-0.39, 0.29) is 46.9 Å². The Morgan fingerprint density at radius 1 is 0.794 bits per heavy atom. The van der Waals surface area contributed by atoms with Gasteiger partial charge in [0.25, 0.3) is 0 Å². The lowest BCUT2D eigenvalue weighted by atomic mass is 10.1. The van der Waals surface area contributed by atoms with Gasteiger partial charge in [-0.25, -0.2) is 9.59 Å². The number of aromatic hydroxyl groups is 2. The van der Waals surface area contributed by atoms with Crippen LogP contribution in [0.4, 0.5) is 0 Å². The van der Waals surface area contributed by atoms with Crippen molar-refractivity contribution >= 4 is 34.4 Å². The maximum absolute atomic E-state index is 11.7. The molecule has 0 spiro atoms. The van der Waals surface area contributed by atoms with Gasteiger partial charge in [0.2, 0.25) is 0 Å². The quantitative estimate of drug-likeness (QED) is 0.295. The summed E-state index contributed by atoms with van der Waals surface area (Å²) in [5.41, 5.74) is 1.23. The maximum atomic E-state index is 11.7. The van der Waals surface area contributed by atoms with E-state index in [9.17, 15) is 24.9 Å². The molecule has 0 radical (unpaired) electrons. The van der Waals surface area contributed by atoms with Crippen LogP contribution in [0.15, 0.2) is 64.8 Å². The van der Waals surface area contributed by atoms with E-state index in [0.29, 0.717) is 21.9 Å². The van der Waals surface area contributed by atoms with Gasteiger partial charge in [-0.15, -0.1) is 0 Å². The van der Waals surface area contributed by atoms with E-state index < -0.39 is 17.4 Å². The van der Waals surface area contributed by atoms with Crippen molar-refractivity contribution in [3.05, 3.63) is 79.5 Å². The lowest BCUT2D eigenvalue weighted by Gasteiger charge is -2.07. The van der Waals surface area contributed by atoms with Crippen LogP contribution in [-0.2, 0) is 0 Å². The van der Waals surface area contributed by atoms with Gasteiger partial charge in [0.15, 0.2) is 11.2 Å². The van der Waals surface area contributed by atoms with Gasteiger partial charge in [-0.05, 0) is 49.2 Å². The van der Waals surface area contributed by atoms with Crippen molar-refractivity contribution < 1.29 is 24.2 Å². The molecule has 0 unspecified atom stereocenters. The standard InChI is InChI=1S/C25H22N2O7/c1-13-7-22(31)33-24-16(13)3-5-20(29)18(24)11-26-9-15(28)10-27-12-19-21(30)6-4-17-14(2)8-23(32)34-25(17)19/h3-8,11-12,15,28-30H,9-10H2,1-2H3. The summed E-state index contributed by atoms with van der Waals surface area (Å²) in [7, 11) is 0. The number of aliphatic imine (C=N–C) groups is 2. The molecule has 4 aromatic rings. The predicted molar refractivity (Wildman–Crippen MR) is 129 cm³/mol. The largest absolute Gasteiger partial charge is 0.507 e. The van der Waals surface area contributed by atoms with Crippen molar-refractivity contribution in [2.45, 2.75) is 20.0 Å². The van der Waals surface area contributed by atoms with Crippen LogP contribution in [0.2, 0.25) is 0 Å². The summed E-state index contributed by atoms with van der Waals surface area (Å²) < 4.78 is 10.5. The van der Waals surface area contributed by atoms with E-state index in [1.807, 2.05) is 0 Å². The number of hydrogen-bond acceptors (Lipinski definition) is 9. The predicted octanol–water partition coefficient (Wildman–Crippen LogP) is 2.83. The Morgan fingerprint density at radius 3 is 1.62 bits per heavy atom. The molecule has 0 saturated heterocycles. The van der Waals surface area contributed by atoms with Crippen LogP contribution in [0.25, 0.3) is 21.9 Å². The van der Waals surface area contributed by atoms with E-state index in [2.05, 4.69) is 9.98 Å².